The van der Waals surface area contributed by atoms with E-state index < -0.39 is 0 Å². The molecule has 0 radical (unpaired) electrons. The number of hydrogen-bond donors (Lipinski definition) is 1. The van der Waals surface area contributed by atoms with Crippen LogP contribution in [0, 0.1) is 16.7 Å². The quantitative estimate of drug-likeness (QED) is 0.923. The lowest BCUT2D eigenvalue weighted by molar-refractivity contribution is 0.151. The van der Waals surface area contributed by atoms with Crippen LogP contribution in [0.15, 0.2) is 15.9 Å². The highest BCUT2D eigenvalue weighted by Crippen LogP contribution is 2.50. The molecule has 1 atom stereocenters. The molecule has 0 aromatic carbocycles. The summed E-state index contributed by atoms with van der Waals surface area (Å²) in [6.07, 6.45) is 3.22. The minimum atomic E-state index is -0.168. The predicted octanol–water partition coefficient (Wildman–Crippen LogP) is 3.46. The maximum Gasteiger partial charge on any atom is 0.0776 e. The van der Waals surface area contributed by atoms with Crippen molar-refractivity contribution in [3.05, 3.63) is 20.8 Å². The molecule has 2 rings (SSSR count). The number of thiophene rings is 1. The van der Waals surface area contributed by atoms with E-state index >= 15 is 0 Å². The third-order valence-electron chi connectivity index (χ3n) is 3.19. The Kier molecular flexibility index (Phi) is 3.15. The SMILES string of the molecule is CNC(c1ccc(Br)s1)C1(C#N)CCC1. The van der Waals surface area contributed by atoms with Crippen molar-refractivity contribution >= 4 is 27.3 Å². The van der Waals surface area contributed by atoms with Crippen molar-refractivity contribution in [1.29, 1.82) is 5.26 Å². The second kappa shape index (κ2) is 4.25. The minimum Gasteiger partial charge on any atom is -0.311 e. The molecule has 1 N–H and O–H groups in total. The summed E-state index contributed by atoms with van der Waals surface area (Å²) >= 11 is 5.18. The summed E-state index contributed by atoms with van der Waals surface area (Å²) in [5.74, 6) is 0. The molecule has 80 valence electrons. The molecule has 0 saturated heterocycles. The number of nitriles is 1. The van der Waals surface area contributed by atoms with E-state index in [0.717, 1.165) is 16.6 Å². The Morgan fingerprint density at radius 2 is 2.33 bits per heavy atom. The van der Waals surface area contributed by atoms with Crippen LogP contribution in [0.5, 0.6) is 0 Å². The monoisotopic (exact) mass is 284 g/mol. The van der Waals surface area contributed by atoms with Gasteiger partial charge in [-0.2, -0.15) is 5.26 Å². The summed E-state index contributed by atoms with van der Waals surface area (Å²) in [6, 6.07) is 6.84. The number of nitrogens with one attached hydrogen (secondary N) is 1. The van der Waals surface area contributed by atoms with Crippen LogP contribution in [0.2, 0.25) is 0 Å². The first-order chi connectivity index (χ1) is 7.22. The van der Waals surface area contributed by atoms with Gasteiger partial charge in [-0.05, 0) is 48.0 Å². The number of nitrogens with zero attached hydrogens (tertiary/aromatic N) is 1. The van der Waals surface area contributed by atoms with Gasteiger partial charge in [0, 0.05) is 4.88 Å². The lowest BCUT2D eigenvalue weighted by atomic mass is 9.64. The molecular weight excluding hydrogens is 272 g/mol. The van der Waals surface area contributed by atoms with Gasteiger partial charge in [0.05, 0.1) is 21.3 Å². The van der Waals surface area contributed by atoms with Gasteiger partial charge in [-0.1, -0.05) is 6.42 Å². The largest absolute Gasteiger partial charge is 0.311 e. The van der Waals surface area contributed by atoms with Crippen LogP contribution in [0.4, 0.5) is 0 Å². The van der Waals surface area contributed by atoms with Crippen LogP contribution in [0.25, 0.3) is 0 Å². The molecule has 1 unspecified atom stereocenters. The molecule has 0 amide bonds. The molecular formula is C11H13BrN2S. The zero-order valence-corrected chi connectivity index (χ0v) is 11.0. The van der Waals surface area contributed by atoms with Crippen LogP contribution >= 0.6 is 27.3 Å². The molecule has 0 bridgehead atoms. The molecule has 1 fully saturated rings. The lowest BCUT2D eigenvalue weighted by Gasteiger charge is -2.41. The van der Waals surface area contributed by atoms with Gasteiger partial charge in [0.15, 0.2) is 0 Å². The van der Waals surface area contributed by atoms with Crippen molar-refractivity contribution in [2.75, 3.05) is 7.05 Å². The molecule has 2 nitrogen and oxygen atoms in total. The summed E-state index contributed by atoms with van der Waals surface area (Å²) < 4.78 is 1.13. The second-order valence-electron chi connectivity index (χ2n) is 3.99. The first-order valence-electron chi connectivity index (χ1n) is 5.05. The van der Waals surface area contributed by atoms with E-state index in [1.165, 1.54) is 11.3 Å². The van der Waals surface area contributed by atoms with Gasteiger partial charge >= 0.3 is 0 Å². The summed E-state index contributed by atoms with van der Waals surface area (Å²) in [5, 5.41) is 12.6. The van der Waals surface area contributed by atoms with Gasteiger partial charge in [-0.25, -0.2) is 0 Å². The van der Waals surface area contributed by atoms with Crippen molar-refractivity contribution in [1.82, 2.24) is 5.32 Å². The summed E-state index contributed by atoms with van der Waals surface area (Å²) in [5.41, 5.74) is -0.168. The normalized spacial score (nSPS) is 20.3. The number of halogens is 1. The van der Waals surface area contributed by atoms with Crippen molar-refractivity contribution in [3.63, 3.8) is 0 Å². The van der Waals surface area contributed by atoms with Crippen LogP contribution in [-0.4, -0.2) is 7.05 Å². The third-order valence-corrected chi connectivity index (χ3v) is 4.88. The summed E-state index contributed by atoms with van der Waals surface area (Å²) in [6.45, 7) is 0. The van der Waals surface area contributed by atoms with Gasteiger partial charge < -0.3 is 5.32 Å². The van der Waals surface area contributed by atoms with E-state index in [2.05, 4.69) is 33.4 Å². The molecule has 1 aromatic rings. The van der Waals surface area contributed by atoms with Crippen molar-refractivity contribution < 1.29 is 0 Å². The van der Waals surface area contributed by atoms with Crippen LogP contribution < -0.4 is 5.32 Å². The predicted molar refractivity (Wildman–Crippen MR) is 65.7 cm³/mol. The molecule has 0 aliphatic heterocycles. The van der Waals surface area contributed by atoms with E-state index in [4.69, 9.17) is 0 Å². The number of hydrogen-bond acceptors (Lipinski definition) is 3. The fourth-order valence-corrected chi connectivity index (χ4v) is 3.85. The average molecular weight is 285 g/mol. The molecule has 0 spiro atoms. The zero-order valence-electron chi connectivity index (χ0n) is 8.59. The fourth-order valence-electron chi connectivity index (χ4n) is 2.20. The van der Waals surface area contributed by atoms with Gasteiger partial charge in [0.25, 0.3) is 0 Å². The Hall–Kier alpha value is -0.370. The summed E-state index contributed by atoms with van der Waals surface area (Å²) in [7, 11) is 1.94. The molecule has 1 saturated carbocycles. The van der Waals surface area contributed by atoms with Crippen LogP contribution in [-0.2, 0) is 0 Å². The Morgan fingerprint density at radius 3 is 2.67 bits per heavy atom. The van der Waals surface area contributed by atoms with E-state index in [9.17, 15) is 5.26 Å². The van der Waals surface area contributed by atoms with Crippen LogP contribution in [0.3, 0.4) is 0 Å². The highest BCUT2D eigenvalue weighted by molar-refractivity contribution is 9.11. The average Bonchev–Trinajstić information content (AvgIpc) is 2.58. The molecule has 1 heterocycles. The maximum atomic E-state index is 9.31. The number of rotatable bonds is 3. The van der Waals surface area contributed by atoms with E-state index in [0.29, 0.717) is 0 Å². The smallest absolute Gasteiger partial charge is 0.0776 e. The minimum absolute atomic E-state index is 0.168. The molecule has 4 heteroatoms. The molecule has 1 aromatic heterocycles. The fraction of sp³-hybridized carbons (Fsp3) is 0.545. The van der Waals surface area contributed by atoms with E-state index in [1.807, 2.05) is 13.1 Å². The maximum absolute atomic E-state index is 9.31. The molecule has 15 heavy (non-hydrogen) atoms. The Balaban J connectivity index is 2.28. The van der Waals surface area contributed by atoms with Crippen molar-refractivity contribution in [2.45, 2.75) is 25.3 Å². The van der Waals surface area contributed by atoms with Gasteiger partial charge in [-0.15, -0.1) is 11.3 Å². The van der Waals surface area contributed by atoms with E-state index in [-0.39, 0.29) is 11.5 Å². The lowest BCUT2D eigenvalue weighted by Crippen LogP contribution is -2.40. The topological polar surface area (TPSA) is 35.8 Å². The van der Waals surface area contributed by atoms with Crippen LogP contribution in [0.1, 0.15) is 30.2 Å². The van der Waals surface area contributed by atoms with Gasteiger partial charge in [0.2, 0.25) is 0 Å². The Labute approximate surface area is 102 Å². The summed E-state index contributed by atoms with van der Waals surface area (Å²) in [4.78, 5) is 1.26. The highest BCUT2D eigenvalue weighted by Gasteiger charge is 2.45. The van der Waals surface area contributed by atoms with Gasteiger partial charge in [0.1, 0.15) is 0 Å². The highest BCUT2D eigenvalue weighted by atomic mass is 79.9. The molecule has 1 aliphatic carbocycles. The third kappa shape index (κ3) is 1.84. The standard InChI is InChI=1S/C11H13BrN2S/c1-14-10(8-3-4-9(12)15-8)11(7-13)5-2-6-11/h3-4,10,14H,2,5-6H2,1H3. The Morgan fingerprint density at radius 1 is 1.60 bits per heavy atom. The first-order valence-corrected chi connectivity index (χ1v) is 6.66. The van der Waals surface area contributed by atoms with Crippen molar-refractivity contribution in [2.24, 2.45) is 5.41 Å². The van der Waals surface area contributed by atoms with Crippen molar-refractivity contribution in [3.8, 4) is 6.07 Å². The van der Waals surface area contributed by atoms with Gasteiger partial charge in [-0.3, -0.25) is 0 Å². The first kappa shape index (κ1) is 11.1. The van der Waals surface area contributed by atoms with E-state index in [1.54, 1.807) is 11.3 Å². The zero-order chi connectivity index (χ0) is 10.9. The molecule has 1 aliphatic rings. The second-order valence-corrected chi connectivity index (χ2v) is 6.48. The Bertz CT molecular complexity index is 390.